The average molecular weight is 530 g/mol. The molecular formula is C30H31N3O6. The summed E-state index contributed by atoms with van der Waals surface area (Å²) in [5.74, 6) is -2.17. The number of carbonyl (C=O) groups is 3. The number of nitrogens with zero attached hydrogens (tertiary/aromatic N) is 3. The van der Waals surface area contributed by atoms with E-state index in [1.807, 2.05) is 51.2 Å². The average Bonchev–Trinajstić information content (AvgIpc) is 3.28. The molecule has 202 valence electrons. The van der Waals surface area contributed by atoms with E-state index >= 15 is 0 Å². The van der Waals surface area contributed by atoms with Crippen molar-refractivity contribution in [1.82, 2.24) is 15.0 Å². The van der Waals surface area contributed by atoms with Crippen molar-refractivity contribution >= 4 is 28.8 Å². The molecule has 9 nitrogen and oxygen atoms in total. The van der Waals surface area contributed by atoms with Crippen LogP contribution in [0.4, 0.5) is 0 Å². The molecule has 2 N–H and O–H groups in total. The van der Waals surface area contributed by atoms with E-state index in [1.165, 1.54) is 6.92 Å². The Balaban J connectivity index is 1.58. The summed E-state index contributed by atoms with van der Waals surface area (Å²) in [6, 6.07) is 16.3. The zero-order valence-corrected chi connectivity index (χ0v) is 22.3. The van der Waals surface area contributed by atoms with Gasteiger partial charge in [0.05, 0.1) is 11.9 Å². The Morgan fingerprint density at radius 1 is 1.03 bits per heavy atom. The zero-order chi connectivity index (χ0) is 28.3. The van der Waals surface area contributed by atoms with Crippen molar-refractivity contribution in [3.63, 3.8) is 0 Å². The maximum Gasteiger partial charge on any atom is 0.344 e. The molecule has 1 aromatic heterocycles. The van der Waals surface area contributed by atoms with Gasteiger partial charge >= 0.3 is 11.9 Å². The monoisotopic (exact) mass is 529 g/mol. The van der Waals surface area contributed by atoms with Crippen molar-refractivity contribution in [2.24, 2.45) is 7.05 Å². The Labute approximate surface area is 226 Å². The number of ketones is 1. The van der Waals surface area contributed by atoms with E-state index in [9.17, 15) is 19.5 Å². The number of aryl methyl sites for hydroxylation is 4. The fraction of sp³-hybridized carbons (Fsp3) is 0.300. The Bertz CT molecular complexity index is 1560. The third-order valence-electron chi connectivity index (χ3n) is 7.05. The van der Waals surface area contributed by atoms with Crippen LogP contribution in [0.2, 0.25) is 0 Å². The lowest BCUT2D eigenvalue weighted by Gasteiger charge is -2.20. The van der Waals surface area contributed by atoms with E-state index in [0.29, 0.717) is 17.7 Å². The van der Waals surface area contributed by atoms with Crippen molar-refractivity contribution in [2.45, 2.75) is 52.1 Å². The summed E-state index contributed by atoms with van der Waals surface area (Å²) in [5, 5.41) is 27.2. The van der Waals surface area contributed by atoms with Crippen LogP contribution in [0.5, 0.6) is 5.75 Å². The van der Waals surface area contributed by atoms with Gasteiger partial charge in [0.25, 0.3) is 0 Å². The molecule has 0 fully saturated rings. The molecule has 39 heavy (non-hydrogen) atoms. The fourth-order valence-corrected chi connectivity index (χ4v) is 4.78. The van der Waals surface area contributed by atoms with E-state index in [2.05, 4.69) is 10.3 Å². The summed E-state index contributed by atoms with van der Waals surface area (Å²) < 4.78 is 7.08. The second-order valence-corrected chi connectivity index (χ2v) is 9.75. The first-order chi connectivity index (χ1) is 18.5. The molecule has 4 aromatic rings. The molecule has 0 radical (unpaired) electrons. The molecule has 0 spiro atoms. The Morgan fingerprint density at radius 3 is 2.51 bits per heavy atom. The number of carbonyl (C=O) groups excluding carboxylic acids is 1. The molecule has 9 heteroatoms. The summed E-state index contributed by atoms with van der Waals surface area (Å²) in [6.07, 6.45) is -0.416. The van der Waals surface area contributed by atoms with Gasteiger partial charge in [0.2, 0.25) is 0 Å². The number of Topliss-reactive ketones (excluding diaryl/α,β-unsaturated/α-hetero) is 1. The van der Waals surface area contributed by atoms with E-state index < -0.39 is 24.0 Å². The third-order valence-corrected chi connectivity index (χ3v) is 7.05. The highest BCUT2D eigenvalue weighted by Gasteiger charge is 2.23. The van der Waals surface area contributed by atoms with Crippen LogP contribution in [-0.4, -0.2) is 49.0 Å². The first-order valence-electron chi connectivity index (χ1n) is 12.7. The van der Waals surface area contributed by atoms with Gasteiger partial charge in [-0.15, -0.1) is 5.10 Å². The summed E-state index contributed by atoms with van der Waals surface area (Å²) >= 11 is 0. The van der Waals surface area contributed by atoms with Gasteiger partial charge < -0.3 is 14.9 Å². The van der Waals surface area contributed by atoms with E-state index in [-0.39, 0.29) is 18.6 Å². The molecule has 0 aliphatic carbocycles. The topological polar surface area (TPSA) is 132 Å². The minimum atomic E-state index is -1.09. The van der Waals surface area contributed by atoms with E-state index in [4.69, 9.17) is 9.84 Å². The van der Waals surface area contributed by atoms with Gasteiger partial charge in [-0.2, -0.15) is 0 Å². The van der Waals surface area contributed by atoms with Gasteiger partial charge in [-0.3, -0.25) is 9.59 Å². The van der Waals surface area contributed by atoms with Crippen LogP contribution >= 0.6 is 0 Å². The molecule has 0 amide bonds. The van der Waals surface area contributed by atoms with Crippen LogP contribution in [0.3, 0.4) is 0 Å². The molecule has 2 unspecified atom stereocenters. The standard InChI is InChI=1S/C30H31N3O6/c1-17-8-9-21(25(16-28(35)36)24-11-12-26-29(18(24)2)31-32-33(26)4)14-20(17)10-13-27(34)22-6-5-7-23(15-22)39-19(3)30(37)38/h5-9,11-12,14-15,19,25H,10,13,16H2,1-4H3,(H,35,36)(H,37,38). The minimum Gasteiger partial charge on any atom is -0.481 e. The summed E-state index contributed by atoms with van der Waals surface area (Å²) in [6.45, 7) is 5.33. The highest BCUT2D eigenvalue weighted by molar-refractivity contribution is 5.96. The van der Waals surface area contributed by atoms with Crippen LogP contribution in [0, 0.1) is 13.8 Å². The first kappa shape index (κ1) is 27.5. The number of hydrogen-bond donors (Lipinski definition) is 2. The van der Waals surface area contributed by atoms with Crippen LogP contribution < -0.4 is 4.74 Å². The number of aliphatic carboxylic acids is 2. The molecule has 0 saturated carbocycles. The van der Waals surface area contributed by atoms with Crippen molar-refractivity contribution in [3.8, 4) is 5.75 Å². The molecule has 0 saturated heterocycles. The van der Waals surface area contributed by atoms with Crippen LogP contribution in [0.25, 0.3) is 11.0 Å². The van der Waals surface area contributed by atoms with Crippen LogP contribution in [-0.2, 0) is 23.1 Å². The Kier molecular flexibility index (Phi) is 8.09. The molecule has 0 bridgehead atoms. The van der Waals surface area contributed by atoms with Crippen molar-refractivity contribution in [2.75, 3.05) is 0 Å². The number of hydrogen-bond acceptors (Lipinski definition) is 6. The zero-order valence-electron chi connectivity index (χ0n) is 22.3. The molecular weight excluding hydrogens is 498 g/mol. The van der Waals surface area contributed by atoms with Crippen molar-refractivity contribution in [1.29, 1.82) is 0 Å². The maximum atomic E-state index is 13.0. The van der Waals surface area contributed by atoms with Gasteiger partial charge in [-0.25, -0.2) is 9.48 Å². The van der Waals surface area contributed by atoms with Crippen LogP contribution in [0.15, 0.2) is 54.6 Å². The van der Waals surface area contributed by atoms with Gasteiger partial charge in [-0.05, 0) is 73.2 Å². The quantitative estimate of drug-likeness (QED) is 0.263. The summed E-state index contributed by atoms with van der Waals surface area (Å²) in [5.41, 5.74) is 6.65. The lowest BCUT2D eigenvalue weighted by Crippen LogP contribution is -2.22. The van der Waals surface area contributed by atoms with Gasteiger partial charge in [0.15, 0.2) is 11.9 Å². The number of aromatic nitrogens is 3. The largest absolute Gasteiger partial charge is 0.481 e. The van der Waals surface area contributed by atoms with Crippen molar-refractivity contribution in [3.05, 3.63) is 88.0 Å². The summed E-state index contributed by atoms with van der Waals surface area (Å²) in [7, 11) is 1.82. The predicted molar refractivity (Wildman–Crippen MR) is 145 cm³/mol. The number of carboxylic acid groups (broad SMARTS) is 2. The lowest BCUT2D eigenvalue weighted by atomic mass is 9.84. The number of ether oxygens (including phenoxy) is 1. The van der Waals surface area contributed by atoms with Crippen molar-refractivity contribution < 1.29 is 29.3 Å². The molecule has 4 rings (SSSR count). The number of rotatable bonds is 11. The third kappa shape index (κ3) is 6.14. The Hall–Kier alpha value is -4.53. The van der Waals surface area contributed by atoms with E-state index in [0.717, 1.165) is 38.9 Å². The van der Waals surface area contributed by atoms with Crippen LogP contribution in [0.1, 0.15) is 63.9 Å². The van der Waals surface area contributed by atoms with E-state index in [1.54, 1.807) is 28.9 Å². The second kappa shape index (κ2) is 11.5. The maximum absolute atomic E-state index is 13.0. The number of carboxylic acids is 2. The first-order valence-corrected chi connectivity index (χ1v) is 12.7. The Morgan fingerprint density at radius 2 is 1.79 bits per heavy atom. The SMILES string of the molecule is Cc1ccc(C(CC(=O)O)c2ccc3c(nnn3C)c2C)cc1CCC(=O)c1cccc(OC(C)C(=O)O)c1. The summed E-state index contributed by atoms with van der Waals surface area (Å²) in [4.78, 5) is 35.9. The number of benzene rings is 3. The highest BCUT2D eigenvalue weighted by Crippen LogP contribution is 2.34. The van der Waals surface area contributed by atoms with Gasteiger partial charge in [0, 0.05) is 24.9 Å². The highest BCUT2D eigenvalue weighted by atomic mass is 16.5. The molecule has 3 aromatic carbocycles. The molecule has 2 atom stereocenters. The number of fused-ring (bicyclic) bond motifs is 1. The lowest BCUT2D eigenvalue weighted by molar-refractivity contribution is -0.144. The van der Waals surface area contributed by atoms with Gasteiger partial charge in [0.1, 0.15) is 11.3 Å². The molecule has 0 aliphatic heterocycles. The van der Waals surface area contributed by atoms with Gasteiger partial charge in [-0.1, -0.05) is 41.6 Å². The smallest absolute Gasteiger partial charge is 0.344 e. The fourth-order valence-electron chi connectivity index (χ4n) is 4.78. The second-order valence-electron chi connectivity index (χ2n) is 9.75. The normalized spacial score (nSPS) is 12.7. The predicted octanol–water partition coefficient (Wildman–Crippen LogP) is 4.86. The minimum absolute atomic E-state index is 0.0877. The molecule has 0 aliphatic rings. The molecule has 1 heterocycles.